The fourth-order valence-corrected chi connectivity index (χ4v) is 3.09. The number of carbonyl (C=O) groups is 2. The topological polar surface area (TPSA) is 66.8 Å². The SMILES string of the molecule is COc1cccc(C=C2SC(=S)N(CCC(=O)O)C2=O)c1. The van der Waals surface area contributed by atoms with Crippen LogP contribution >= 0.6 is 24.0 Å². The minimum absolute atomic E-state index is 0.0927. The second-order valence-electron chi connectivity index (χ2n) is 4.25. The Balaban J connectivity index is 2.17. The molecule has 0 spiro atoms. The van der Waals surface area contributed by atoms with E-state index in [-0.39, 0.29) is 18.9 Å². The summed E-state index contributed by atoms with van der Waals surface area (Å²) >= 11 is 6.30. The lowest BCUT2D eigenvalue weighted by Crippen LogP contribution is -2.30. The second-order valence-corrected chi connectivity index (χ2v) is 5.93. The van der Waals surface area contributed by atoms with Gasteiger partial charge in [0, 0.05) is 6.54 Å². The maximum Gasteiger partial charge on any atom is 0.305 e. The van der Waals surface area contributed by atoms with Gasteiger partial charge in [0.25, 0.3) is 5.91 Å². The number of hydrogen-bond donors (Lipinski definition) is 1. The minimum atomic E-state index is -0.958. The monoisotopic (exact) mass is 323 g/mol. The van der Waals surface area contributed by atoms with Crippen LogP contribution in [-0.2, 0) is 9.59 Å². The van der Waals surface area contributed by atoms with Crippen molar-refractivity contribution in [3.63, 3.8) is 0 Å². The number of ether oxygens (including phenoxy) is 1. The van der Waals surface area contributed by atoms with Gasteiger partial charge in [0.15, 0.2) is 0 Å². The lowest BCUT2D eigenvalue weighted by atomic mass is 10.2. The summed E-state index contributed by atoms with van der Waals surface area (Å²) in [4.78, 5) is 24.6. The third-order valence-electron chi connectivity index (χ3n) is 2.81. The van der Waals surface area contributed by atoms with Crippen LogP contribution in [0.2, 0.25) is 0 Å². The Hall–Kier alpha value is -1.86. The van der Waals surface area contributed by atoms with Crippen LogP contribution in [0.25, 0.3) is 6.08 Å². The van der Waals surface area contributed by atoms with E-state index in [0.717, 1.165) is 5.56 Å². The fourth-order valence-electron chi connectivity index (χ4n) is 1.78. The smallest absolute Gasteiger partial charge is 0.305 e. The van der Waals surface area contributed by atoms with Gasteiger partial charge in [-0.05, 0) is 23.8 Å². The van der Waals surface area contributed by atoms with Gasteiger partial charge in [0.2, 0.25) is 0 Å². The van der Waals surface area contributed by atoms with Crippen molar-refractivity contribution in [3.05, 3.63) is 34.7 Å². The molecule has 1 fully saturated rings. The third kappa shape index (κ3) is 3.83. The van der Waals surface area contributed by atoms with Crippen molar-refractivity contribution in [2.24, 2.45) is 0 Å². The Morgan fingerprint density at radius 3 is 2.95 bits per heavy atom. The second kappa shape index (κ2) is 6.73. The fraction of sp³-hybridized carbons (Fsp3) is 0.214. The Labute approximate surface area is 131 Å². The molecule has 0 aliphatic carbocycles. The molecule has 5 nitrogen and oxygen atoms in total. The van der Waals surface area contributed by atoms with Gasteiger partial charge in [-0.2, -0.15) is 0 Å². The third-order valence-corrected chi connectivity index (χ3v) is 4.19. The predicted molar refractivity (Wildman–Crippen MR) is 85.1 cm³/mol. The number of nitrogens with zero attached hydrogens (tertiary/aromatic N) is 1. The summed E-state index contributed by atoms with van der Waals surface area (Å²) in [6, 6.07) is 7.31. The molecule has 7 heteroatoms. The maximum atomic E-state index is 12.2. The number of rotatable bonds is 5. The summed E-state index contributed by atoms with van der Waals surface area (Å²) in [7, 11) is 1.57. The summed E-state index contributed by atoms with van der Waals surface area (Å²) in [5.41, 5.74) is 0.827. The zero-order valence-electron chi connectivity index (χ0n) is 11.2. The molecule has 21 heavy (non-hydrogen) atoms. The number of benzene rings is 1. The van der Waals surface area contributed by atoms with Crippen LogP contribution in [0, 0.1) is 0 Å². The van der Waals surface area contributed by atoms with E-state index in [1.807, 2.05) is 24.3 Å². The van der Waals surface area contributed by atoms with E-state index in [0.29, 0.717) is 15.0 Å². The Morgan fingerprint density at radius 1 is 1.52 bits per heavy atom. The maximum absolute atomic E-state index is 12.2. The van der Waals surface area contributed by atoms with E-state index in [1.54, 1.807) is 13.2 Å². The number of aliphatic carboxylic acids is 1. The molecule has 1 aromatic carbocycles. The molecule has 0 aromatic heterocycles. The summed E-state index contributed by atoms with van der Waals surface area (Å²) < 4.78 is 5.52. The van der Waals surface area contributed by atoms with Crippen LogP contribution < -0.4 is 4.74 Å². The quantitative estimate of drug-likeness (QED) is 0.663. The minimum Gasteiger partial charge on any atom is -0.497 e. The largest absolute Gasteiger partial charge is 0.497 e. The molecule has 1 aliphatic heterocycles. The first-order chi connectivity index (χ1) is 10.0. The highest BCUT2D eigenvalue weighted by Gasteiger charge is 2.31. The molecular formula is C14H13NO4S2. The first-order valence-corrected chi connectivity index (χ1v) is 7.35. The van der Waals surface area contributed by atoms with Crippen molar-refractivity contribution in [1.29, 1.82) is 0 Å². The number of carboxylic acids is 1. The molecule has 1 N–H and O–H groups in total. The lowest BCUT2D eigenvalue weighted by Gasteiger charge is -2.12. The number of carbonyl (C=O) groups excluding carboxylic acids is 1. The highest BCUT2D eigenvalue weighted by Crippen LogP contribution is 2.32. The van der Waals surface area contributed by atoms with Crippen LogP contribution in [0.4, 0.5) is 0 Å². The Kier molecular flexibility index (Phi) is 4.98. The molecule has 0 saturated carbocycles. The first kappa shape index (κ1) is 15.5. The highest BCUT2D eigenvalue weighted by molar-refractivity contribution is 8.26. The summed E-state index contributed by atoms with van der Waals surface area (Å²) in [5.74, 6) is -0.514. The number of hydrogen-bond acceptors (Lipinski definition) is 5. The van der Waals surface area contributed by atoms with Gasteiger partial charge >= 0.3 is 5.97 Å². The number of amides is 1. The van der Waals surface area contributed by atoms with Gasteiger partial charge < -0.3 is 9.84 Å². The summed E-state index contributed by atoms with van der Waals surface area (Å²) in [6.07, 6.45) is 1.60. The van der Waals surface area contributed by atoms with Crippen LogP contribution in [0.15, 0.2) is 29.2 Å². The molecule has 0 radical (unpaired) electrons. The highest BCUT2D eigenvalue weighted by atomic mass is 32.2. The van der Waals surface area contributed by atoms with E-state index in [2.05, 4.69) is 0 Å². The van der Waals surface area contributed by atoms with Crippen LogP contribution in [0.3, 0.4) is 0 Å². The van der Waals surface area contributed by atoms with Crippen molar-refractivity contribution in [3.8, 4) is 5.75 Å². The normalized spacial score (nSPS) is 16.6. The predicted octanol–water partition coefficient (Wildman–Crippen LogP) is 2.37. The number of thioether (sulfide) groups is 1. The lowest BCUT2D eigenvalue weighted by molar-refractivity contribution is -0.137. The molecule has 2 rings (SSSR count). The standard InChI is InChI=1S/C14H13NO4S2/c1-19-10-4-2-3-9(7-10)8-11-13(18)15(14(20)21-11)6-5-12(16)17/h2-4,7-8H,5-6H2,1H3,(H,16,17). The molecule has 0 atom stereocenters. The van der Waals surface area contributed by atoms with Gasteiger partial charge in [-0.3, -0.25) is 14.5 Å². The number of thiocarbonyl (C=S) groups is 1. The van der Waals surface area contributed by atoms with Gasteiger partial charge in [-0.25, -0.2) is 0 Å². The van der Waals surface area contributed by atoms with Gasteiger partial charge in [-0.1, -0.05) is 36.1 Å². The zero-order valence-corrected chi connectivity index (χ0v) is 12.9. The van der Waals surface area contributed by atoms with Crippen molar-refractivity contribution in [2.45, 2.75) is 6.42 Å². The molecule has 0 bridgehead atoms. The van der Waals surface area contributed by atoms with E-state index in [1.165, 1.54) is 16.7 Å². The van der Waals surface area contributed by atoms with Gasteiger partial charge in [-0.15, -0.1) is 0 Å². The first-order valence-electron chi connectivity index (χ1n) is 6.12. The van der Waals surface area contributed by atoms with Gasteiger partial charge in [0.05, 0.1) is 18.4 Å². The van der Waals surface area contributed by atoms with Gasteiger partial charge in [0.1, 0.15) is 10.1 Å². The van der Waals surface area contributed by atoms with Crippen molar-refractivity contribution in [1.82, 2.24) is 4.90 Å². The van der Waals surface area contributed by atoms with Crippen molar-refractivity contribution in [2.75, 3.05) is 13.7 Å². The van der Waals surface area contributed by atoms with E-state index in [9.17, 15) is 9.59 Å². The average Bonchev–Trinajstić information content (AvgIpc) is 2.71. The number of methoxy groups -OCH3 is 1. The Bertz CT molecular complexity index is 627. The zero-order chi connectivity index (χ0) is 15.4. The van der Waals surface area contributed by atoms with E-state index < -0.39 is 5.97 Å². The van der Waals surface area contributed by atoms with E-state index >= 15 is 0 Å². The molecule has 1 aliphatic rings. The molecule has 110 valence electrons. The number of carboxylic acid groups (broad SMARTS) is 1. The van der Waals surface area contributed by atoms with E-state index in [4.69, 9.17) is 22.1 Å². The van der Waals surface area contributed by atoms with Crippen LogP contribution in [0.1, 0.15) is 12.0 Å². The van der Waals surface area contributed by atoms with Crippen molar-refractivity contribution < 1.29 is 19.4 Å². The molecular weight excluding hydrogens is 310 g/mol. The summed E-state index contributed by atoms with van der Waals surface area (Å²) in [6.45, 7) is 0.0927. The molecule has 1 saturated heterocycles. The summed E-state index contributed by atoms with van der Waals surface area (Å²) in [5, 5.41) is 8.69. The van der Waals surface area contributed by atoms with Crippen LogP contribution in [-0.4, -0.2) is 39.9 Å². The Morgan fingerprint density at radius 2 is 2.29 bits per heavy atom. The molecule has 0 unspecified atom stereocenters. The molecule has 1 amide bonds. The molecule has 1 aromatic rings. The molecule has 1 heterocycles. The van der Waals surface area contributed by atoms with Crippen LogP contribution in [0.5, 0.6) is 5.75 Å². The average molecular weight is 323 g/mol. The van der Waals surface area contributed by atoms with Crippen molar-refractivity contribution >= 4 is 46.3 Å².